The van der Waals surface area contributed by atoms with Gasteiger partial charge < -0.3 is 20.1 Å². The van der Waals surface area contributed by atoms with Crippen LogP contribution in [0.15, 0.2) is 37.1 Å². The molecule has 0 aromatic heterocycles. The van der Waals surface area contributed by atoms with Gasteiger partial charge in [0.25, 0.3) is 0 Å². The molecule has 18 heavy (non-hydrogen) atoms. The monoisotopic (exact) mass is 254 g/mol. The Morgan fingerprint density at radius 2 is 2.00 bits per heavy atom. The van der Waals surface area contributed by atoms with E-state index in [1.165, 1.54) is 0 Å². The highest BCUT2D eigenvalue weighted by Crippen LogP contribution is 1.95. The Morgan fingerprint density at radius 1 is 1.17 bits per heavy atom. The van der Waals surface area contributed by atoms with Crippen molar-refractivity contribution in [3.63, 3.8) is 0 Å². The molecule has 0 atom stereocenters. The standard InChI is InChI=1S/C14H26N2O2/c1-4-5-7-14(2)18-13-12-17-11-6-8-16-10-9-15-3/h4-5,7,15-16H,1-2,6,8-13H2,3H3/b7-5-. The second-order valence-corrected chi connectivity index (χ2v) is 3.73. The maximum atomic E-state index is 5.43. The van der Waals surface area contributed by atoms with Gasteiger partial charge in [-0.05, 0) is 26.1 Å². The molecular weight excluding hydrogens is 228 g/mol. The first-order chi connectivity index (χ1) is 8.81. The zero-order chi connectivity index (χ0) is 13.5. The van der Waals surface area contributed by atoms with Gasteiger partial charge in [-0.2, -0.15) is 0 Å². The van der Waals surface area contributed by atoms with Crippen molar-refractivity contribution in [2.75, 3.05) is 46.5 Å². The second-order valence-electron chi connectivity index (χ2n) is 3.73. The molecule has 0 aliphatic carbocycles. The minimum absolute atomic E-state index is 0.535. The Hall–Kier alpha value is -1.10. The van der Waals surface area contributed by atoms with E-state index < -0.39 is 0 Å². The molecule has 0 aliphatic heterocycles. The van der Waals surface area contributed by atoms with Crippen LogP contribution in [0.4, 0.5) is 0 Å². The minimum Gasteiger partial charge on any atom is -0.492 e. The molecule has 0 spiro atoms. The van der Waals surface area contributed by atoms with Gasteiger partial charge in [-0.3, -0.25) is 0 Å². The Balaban J connectivity index is 3.14. The first-order valence-corrected chi connectivity index (χ1v) is 6.35. The number of allylic oxidation sites excluding steroid dienone is 3. The fraction of sp³-hybridized carbons (Fsp3) is 0.571. The summed E-state index contributed by atoms with van der Waals surface area (Å²) in [6.45, 7) is 12.2. The number of hydrogen-bond donors (Lipinski definition) is 2. The van der Waals surface area contributed by atoms with Gasteiger partial charge in [-0.1, -0.05) is 25.3 Å². The summed E-state index contributed by atoms with van der Waals surface area (Å²) >= 11 is 0. The Labute approximate surface area is 111 Å². The fourth-order valence-electron chi connectivity index (χ4n) is 1.19. The molecule has 0 aliphatic rings. The van der Waals surface area contributed by atoms with E-state index in [0.717, 1.165) is 32.7 Å². The molecule has 2 N–H and O–H groups in total. The first kappa shape index (κ1) is 16.9. The molecule has 4 nitrogen and oxygen atoms in total. The van der Waals surface area contributed by atoms with Crippen LogP contribution in [-0.2, 0) is 9.47 Å². The van der Waals surface area contributed by atoms with Crippen molar-refractivity contribution in [1.82, 2.24) is 10.6 Å². The summed E-state index contributed by atoms with van der Waals surface area (Å²) in [7, 11) is 1.95. The van der Waals surface area contributed by atoms with E-state index >= 15 is 0 Å². The summed E-state index contributed by atoms with van der Waals surface area (Å²) in [4.78, 5) is 0. The lowest BCUT2D eigenvalue weighted by atomic mass is 10.4. The van der Waals surface area contributed by atoms with Crippen LogP contribution in [0, 0.1) is 0 Å². The summed E-state index contributed by atoms with van der Waals surface area (Å²) in [5.74, 6) is 0.632. The van der Waals surface area contributed by atoms with Crippen molar-refractivity contribution in [3.05, 3.63) is 37.1 Å². The van der Waals surface area contributed by atoms with E-state index in [1.54, 1.807) is 18.2 Å². The van der Waals surface area contributed by atoms with Gasteiger partial charge >= 0.3 is 0 Å². The molecule has 0 aromatic rings. The molecule has 4 heteroatoms. The third-order valence-electron chi connectivity index (χ3n) is 2.13. The number of ether oxygens (including phenoxy) is 2. The molecule has 104 valence electrons. The number of hydrogen-bond acceptors (Lipinski definition) is 4. The predicted molar refractivity (Wildman–Crippen MR) is 76.7 cm³/mol. The summed E-state index contributed by atoms with van der Waals surface area (Å²) in [6.07, 6.45) is 6.27. The molecule has 0 radical (unpaired) electrons. The molecule has 0 saturated carbocycles. The topological polar surface area (TPSA) is 42.5 Å². The molecule has 0 saturated heterocycles. The Bertz CT molecular complexity index is 240. The second kappa shape index (κ2) is 14.0. The van der Waals surface area contributed by atoms with Crippen molar-refractivity contribution in [2.24, 2.45) is 0 Å². The maximum absolute atomic E-state index is 5.43. The van der Waals surface area contributed by atoms with Gasteiger partial charge in [0.05, 0.1) is 6.61 Å². The lowest BCUT2D eigenvalue weighted by Gasteiger charge is -2.07. The van der Waals surface area contributed by atoms with Gasteiger partial charge in [0.2, 0.25) is 0 Å². The fourth-order valence-corrected chi connectivity index (χ4v) is 1.19. The van der Waals surface area contributed by atoms with Crippen molar-refractivity contribution < 1.29 is 9.47 Å². The van der Waals surface area contributed by atoms with Crippen molar-refractivity contribution in [3.8, 4) is 0 Å². The number of rotatable bonds is 13. The third-order valence-corrected chi connectivity index (χ3v) is 2.13. The molecule has 0 bridgehead atoms. The zero-order valence-corrected chi connectivity index (χ0v) is 11.4. The lowest BCUT2D eigenvalue weighted by molar-refractivity contribution is 0.0779. The molecule has 0 unspecified atom stereocenters. The van der Waals surface area contributed by atoms with Gasteiger partial charge in [0.15, 0.2) is 0 Å². The van der Waals surface area contributed by atoms with Crippen LogP contribution in [0.5, 0.6) is 0 Å². The molecule has 0 amide bonds. The van der Waals surface area contributed by atoms with Gasteiger partial charge in [0, 0.05) is 19.7 Å². The molecule has 0 fully saturated rings. The highest BCUT2D eigenvalue weighted by Gasteiger charge is 1.92. The van der Waals surface area contributed by atoms with Crippen LogP contribution >= 0.6 is 0 Å². The van der Waals surface area contributed by atoms with Gasteiger partial charge in [0.1, 0.15) is 12.4 Å². The highest BCUT2D eigenvalue weighted by atomic mass is 16.5. The molecule has 0 aromatic carbocycles. The Morgan fingerprint density at radius 3 is 2.72 bits per heavy atom. The van der Waals surface area contributed by atoms with Crippen LogP contribution in [0.3, 0.4) is 0 Å². The largest absolute Gasteiger partial charge is 0.492 e. The van der Waals surface area contributed by atoms with E-state index in [9.17, 15) is 0 Å². The van der Waals surface area contributed by atoms with Crippen molar-refractivity contribution in [1.29, 1.82) is 0 Å². The van der Waals surface area contributed by atoms with Crippen LogP contribution in [-0.4, -0.2) is 46.5 Å². The summed E-state index contributed by atoms with van der Waals surface area (Å²) < 4.78 is 10.8. The SMILES string of the molecule is C=C/C=C\C(=C)OCCOCCCNCCNC. The van der Waals surface area contributed by atoms with E-state index in [2.05, 4.69) is 23.8 Å². The summed E-state index contributed by atoms with van der Waals surface area (Å²) in [5.41, 5.74) is 0. The van der Waals surface area contributed by atoms with Crippen LogP contribution < -0.4 is 10.6 Å². The lowest BCUT2D eigenvalue weighted by Crippen LogP contribution is -2.26. The van der Waals surface area contributed by atoms with Crippen LogP contribution in [0.25, 0.3) is 0 Å². The maximum Gasteiger partial charge on any atom is 0.112 e. The normalized spacial score (nSPS) is 10.7. The average Bonchev–Trinajstić information content (AvgIpc) is 2.38. The van der Waals surface area contributed by atoms with Crippen LogP contribution in [0.2, 0.25) is 0 Å². The first-order valence-electron chi connectivity index (χ1n) is 6.35. The summed E-state index contributed by atoms with van der Waals surface area (Å²) in [5, 5.41) is 6.39. The third kappa shape index (κ3) is 13.0. The highest BCUT2D eigenvalue weighted by molar-refractivity contribution is 5.12. The predicted octanol–water partition coefficient (Wildman–Crippen LogP) is 1.47. The van der Waals surface area contributed by atoms with Crippen LogP contribution in [0.1, 0.15) is 6.42 Å². The minimum atomic E-state index is 0.535. The molecular formula is C14H26N2O2. The molecule has 0 rings (SSSR count). The number of nitrogens with one attached hydrogen (secondary N) is 2. The quantitative estimate of drug-likeness (QED) is 0.297. The van der Waals surface area contributed by atoms with E-state index in [-0.39, 0.29) is 0 Å². The smallest absolute Gasteiger partial charge is 0.112 e. The summed E-state index contributed by atoms with van der Waals surface area (Å²) in [6, 6.07) is 0. The zero-order valence-electron chi connectivity index (χ0n) is 11.4. The van der Waals surface area contributed by atoms with Crippen molar-refractivity contribution >= 4 is 0 Å². The number of likely N-dealkylation sites (N-methyl/N-ethyl adjacent to an activating group) is 1. The van der Waals surface area contributed by atoms with Crippen molar-refractivity contribution in [2.45, 2.75) is 6.42 Å². The van der Waals surface area contributed by atoms with E-state index in [1.807, 2.05) is 7.05 Å². The molecule has 0 heterocycles. The van der Waals surface area contributed by atoms with E-state index in [4.69, 9.17) is 9.47 Å². The Kier molecular flexibility index (Phi) is 13.1. The average molecular weight is 254 g/mol. The van der Waals surface area contributed by atoms with Gasteiger partial charge in [-0.15, -0.1) is 0 Å². The van der Waals surface area contributed by atoms with E-state index in [0.29, 0.717) is 19.0 Å². The van der Waals surface area contributed by atoms with Gasteiger partial charge in [-0.25, -0.2) is 0 Å².